The van der Waals surface area contributed by atoms with Gasteiger partial charge in [0.25, 0.3) is 0 Å². The van der Waals surface area contributed by atoms with Crippen LogP contribution in [0.5, 0.6) is 0 Å². The third kappa shape index (κ3) is 19.7. The molecule has 1 rings (SSSR count). The van der Waals surface area contributed by atoms with Gasteiger partial charge in [0.1, 0.15) is 0 Å². The Morgan fingerprint density at radius 3 is 1.74 bits per heavy atom. The van der Waals surface area contributed by atoms with Gasteiger partial charge in [-0.25, -0.2) is 4.57 Å². The summed E-state index contributed by atoms with van der Waals surface area (Å²) in [5, 5.41) is 0. The molecule has 1 atom stereocenters. The maximum atomic E-state index is 11.3. The van der Waals surface area contributed by atoms with Crippen LogP contribution in [0.4, 0.5) is 0 Å². The number of carbonyl (C=O) groups excluding carboxylic acids is 1. The molecule has 0 aliphatic carbocycles. The molecule has 0 bridgehead atoms. The summed E-state index contributed by atoms with van der Waals surface area (Å²) in [6, 6.07) is 5.92. The average molecular weight is 548 g/mol. The molecule has 0 N–H and O–H groups in total. The maximum Gasteiger partial charge on any atom is 0.303 e. The predicted octanol–water partition coefficient (Wildman–Crippen LogP) is 3.41. The number of carbonyl (C=O) groups is 1. The number of aromatic nitrogens is 1. The largest absolute Gasteiger partial charge is 1.00 e. The van der Waals surface area contributed by atoms with Gasteiger partial charge < -0.3 is 33.5 Å². The summed E-state index contributed by atoms with van der Waals surface area (Å²) in [5.41, 5.74) is 0. The maximum absolute atomic E-state index is 11.3. The van der Waals surface area contributed by atoms with Gasteiger partial charge in [0.2, 0.25) is 0 Å². The van der Waals surface area contributed by atoms with Crippen LogP contribution in [0.25, 0.3) is 0 Å². The van der Waals surface area contributed by atoms with Crippen molar-refractivity contribution in [2.75, 3.05) is 13.2 Å². The van der Waals surface area contributed by atoms with Gasteiger partial charge in [-0.3, -0.25) is 4.79 Å². The summed E-state index contributed by atoms with van der Waals surface area (Å²) >= 11 is 0. The molecule has 0 fully saturated rings. The minimum atomic E-state index is -0.253. The molecule has 0 spiro atoms. The summed E-state index contributed by atoms with van der Waals surface area (Å²) in [6.07, 6.45) is 22.7. The fourth-order valence-electron chi connectivity index (χ4n) is 3.76. The van der Waals surface area contributed by atoms with Gasteiger partial charge in [-0.05, 0) is 6.42 Å². The lowest BCUT2D eigenvalue weighted by molar-refractivity contribution is -0.703. The van der Waals surface area contributed by atoms with Gasteiger partial charge in [0.05, 0.1) is 6.61 Å². The lowest BCUT2D eigenvalue weighted by Gasteiger charge is -2.14. The van der Waals surface area contributed by atoms with Gasteiger partial charge in [-0.15, -0.1) is 0 Å². The standard InChI is InChI=1S/C26H46NO3.HI/c1-3-4-5-6-7-8-9-10-11-12-13-14-15-19-22-29-24-26(30-25(2)28)23-27-20-17-16-18-21-27;/h16-18,20-21,26H,3-15,19,22-24H2,1-2H3;1H/q+1;/p-1. The van der Waals surface area contributed by atoms with E-state index in [9.17, 15) is 4.79 Å². The second-order valence-electron chi connectivity index (χ2n) is 8.47. The van der Waals surface area contributed by atoms with Crippen molar-refractivity contribution in [1.82, 2.24) is 0 Å². The molecule has 1 aromatic heterocycles. The number of esters is 1. The number of rotatable bonds is 20. The number of hydrogen-bond acceptors (Lipinski definition) is 3. The molecule has 4 nitrogen and oxygen atoms in total. The molecule has 0 aliphatic heterocycles. The lowest BCUT2D eigenvalue weighted by Crippen LogP contribution is -3.00. The summed E-state index contributed by atoms with van der Waals surface area (Å²) < 4.78 is 13.2. The van der Waals surface area contributed by atoms with Gasteiger partial charge in [0, 0.05) is 25.7 Å². The number of nitrogens with zero attached hydrogens (tertiary/aromatic N) is 1. The number of ether oxygens (including phenoxy) is 2. The summed E-state index contributed by atoms with van der Waals surface area (Å²) in [6.45, 7) is 5.56. The number of pyridine rings is 1. The minimum Gasteiger partial charge on any atom is -1.00 e. The van der Waals surface area contributed by atoms with Crippen LogP contribution in [0.1, 0.15) is 104 Å². The minimum absolute atomic E-state index is 0. The molecular weight excluding hydrogens is 501 g/mol. The number of unbranched alkanes of at least 4 members (excludes halogenated alkanes) is 13. The van der Waals surface area contributed by atoms with E-state index < -0.39 is 0 Å². The van der Waals surface area contributed by atoms with Crippen molar-refractivity contribution in [2.24, 2.45) is 0 Å². The van der Waals surface area contributed by atoms with E-state index in [0.29, 0.717) is 13.2 Å². The molecule has 0 aromatic carbocycles. The van der Waals surface area contributed by atoms with E-state index >= 15 is 0 Å². The first-order chi connectivity index (χ1) is 14.7. The molecule has 0 saturated heterocycles. The van der Waals surface area contributed by atoms with E-state index in [2.05, 4.69) is 6.92 Å². The average Bonchev–Trinajstić information content (AvgIpc) is 2.73. The third-order valence-electron chi connectivity index (χ3n) is 5.47. The molecule has 0 aliphatic rings. The van der Waals surface area contributed by atoms with Crippen LogP contribution in [0.3, 0.4) is 0 Å². The Kier molecular flexibility index (Phi) is 22.0. The van der Waals surface area contributed by atoms with Gasteiger partial charge >= 0.3 is 5.97 Å². The van der Waals surface area contributed by atoms with Crippen LogP contribution in [0, 0.1) is 0 Å². The van der Waals surface area contributed by atoms with Crippen LogP contribution in [0.2, 0.25) is 0 Å². The molecule has 1 aromatic rings. The quantitative estimate of drug-likeness (QED) is 0.109. The van der Waals surface area contributed by atoms with Crippen molar-refractivity contribution in [3.8, 4) is 0 Å². The highest BCUT2D eigenvalue weighted by Gasteiger charge is 2.17. The Balaban J connectivity index is 0.00000900. The Bertz CT molecular complexity index is 513. The molecule has 0 saturated carbocycles. The molecule has 31 heavy (non-hydrogen) atoms. The van der Waals surface area contributed by atoms with E-state index in [-0.39, 0.29) is 36.0 Å². The fourth-order valence-corrected chi connectivity index (χ4v) is 3.76. The zero-order valence-electron chi connectivity index (χ0n) is 20.0. The molecule has 0 amide bonds. The fraction of sp³-hybridized carbons (Fsp3) is 0.769. The van der Waals surface area contributed by atoms with Crippen molar-refractivity contribution < 1.29 is 42.8 Å². The topological polar surface area (TPSA) is 39.4 Å². The summed E-state index contributed by atoms with van der Waals surface area (Å²) in [7, 11) is 0. The van der Waals surface area contributed by atoms with Crippen LogP contribution in [-0.2, 0) is 20.8 Å². The molecule has 5 heteroatoms. The molecule has 1 heterocycles. The number of hydrogen-bond donors (Lipinski definition) is 0. The number of halogens is 1. The van der Waals surface area contributed by atoms with Crippen molar-refractivity contribution in [3.05, 3.63) is 30.6 Å². The van der Waals surface area contributed by atoms with Crippen molar-refractivity contribution in [2.45, 2.75) is 116 Å². The van der Waals surface area contributed by atoms with E-state index in [1.165, 1.54) is 90.4 Å². The first-order valence-electron chi connectivity index (χ1n) is 12.4. The Hall–Kier alpha value is -0.690. The Morgan fingerprint density at radius 2 is 1.26 bits per heavy atom. The van der Waals surface area contributed by atoms with Crippen LogP contribution in [-0.4, -0.2) is 25.3 Å². The lowest BCUT2D eigenvalue weighted by atomic mass is 10.0. The van der Waals surface area contributed by atoms with Gasteiger partial charge in [0.15, 0.2) is 25.0 Å². The van der Waals surface area contributed by atoms with Gasteiger partial charge in [-0.1, -0.05) is 96.5 Å². The van der Waals surface area contributed by atoms with E-state index in [4.69, 9.17) is 9.47 Å². The highest BCUT2D eigenvalue weighted by molar-refractivity contribution is 5.66. The SMILES string of the molecule is CCCCCCCCCCCCCCCCOCC(C[n+]1ccccc1)OC(C)=O.[I-]. The smallest absolute Gasteiger partial charge is 0.303 e. The van der Waals surface area contributed by atoms with Crippen LogP contribution < -0.4 is 28.5 Å². The first kappa shape index (κ1) is 30.3. The molecule has 0 radical (unpaired) electrons. The normalized spacial score (nSPS) is 11.7. The molecular formula is C26H46INO3. The summed E-state index contributed by atoms with van der Waals surface area (Å²) in [4.78, 5) is 11.3. The van der Waals surface area contributed by atoms with Gasteiger partial charge in [-0.2, -0.15) is 0 Å². The van der Waals surface area contributed by atoms with Crippen LogP contribution in [0.15, 0.2) is 30.6 Å². The van der Waals surface area contributed by atoms with Crippen molar-refractivity contribution in [1.29, 1.82) is 0 Å². The highest BCUT2D eigenvalue weighted by Crippen LogP contribution is 2.13. The first-order valence-corrected chi connectivity index (χ1v) is 12.4. The monoisotopic (exact) mass is 547 g/mol. The zero-order chi connectivity index (χ0) is 21.7. The highest BCUT2D eigenvalue weighted by atomic mass is 127. The summed E-state index contributed by atoms with van der Waals surface area (Å²) in [5.74, 6) is -0.253. The molecule has 1 unspecified atom stereocenters. The van der Waals surface area contributed by atoms with E-state index in [1.807, 2.05) is 35.2 Å². The third-order valence-corrected chi connectivity index (χ3v) is 5.47. The zero-order valence-corrected chi connectivity index (χ0v) is 22.2. The van der Waals surface area contributed by atoms with Crippen molar-refractivity contribution >= 4 is 5.97 Å². The predicted molar refractivity (Wildman–Crippen MR) is 123 cm³/mol. The molecule has 180 valence electrons. The Labute approximate surface area is 208 Å². The van der Waals surface area contributed by atoms with E-state index in [0.717, 1.165) is 13.0 Å². The second kappa shape index (κ2) is 22.5. The Morgan fingerprint density at radius 1 is 0.774 bits per heavy atom. The van der Waals surface area contributed by atoms with Crippen LogP contribution >= 0.6 is 0 Å². The van der Waals surface area contributed by atoms with E-state index in [1.54, 1.807) is 0 Å². The second-order valence-corrected chi connectivity index (χ2v) is 8.47. The van der Waals surface area contributed by atoms with Crippen molar-refractivity contribution in [3.63, 3.8) is 0 Å².